The van der Waals surface area contributed by atoms with Gasteiger partial charge < -0.3 is 5.11 Å². The molecule has 0 unspecified atom stereocenters. The van der Waals surface area contributed by atoms with Crippen molar-refractivity contribution in [1.29, 1.82) is 0 Å². The van der Waals surface area contributed by atoms with Crippen LogP contribution in [-0.4, -0.2) is 21.8 Å². The summed E-state index contributed by atoms with van der Waals surface area (Å²) in [6.45, 7) is 4.25. The van der Waals surface area contributed by atoms with Gasteiger partial charge in [-0.15, -0.1) is 22.7 Å². The molecule has 0 amide bonds. The Morgan fingerprint density at radius 1 is 1.25 bits per heavy atom. The summed E-state index contributed by atoms with van der Waals surface area (Å²) in [6.07, 6.45) is 6.68. The second-order valence-corrected chi connectivity index (χ2v) is 9.88. The molecule has 0 radical (unpaired) electrons. The SMILES string of the molecule is CC[C@@H]1CCc2c(sc(CC(=O)C3=C(C(=O)O)CCC3)c2-c2nc(C)cs2)C1. The Balaban J connectivity index is 1.72. The van der Waals surface area contributed by atoms with Crippen LogP contribution in [0.2, 0.25) is 0 Å². The zero-order valence-corrected chi connectivity index (χ0v) is 18.0. The minimum absolute atomic E-state index is 0.0185. The Kier molecular flexibility index (Phi) is 5.52. The van der Waals surface area contributed by atoms with Crippen molar-refractivity contribution in [3.05, 3.63) is 37.5 Å². The van der Waals surface area contributed by atoms with Gasteiger partial charge in [-0.1, -0.05) is 13.3 Å². The van der Waals surface area contributed by atoms with Gasteiger partial charge >= 0.3 is 5.97 Å². The fourth-order valence-corrected chi connectivity index (χ4v) is 6.87. The smallest absolute Gasteiger partial charge is 0.331 e. The first-order valence-corrected chi connectivity index (χ1v) is 11.7. The van der Waals surface area contributed by atoms with Crippen LogP contribution < -0.4 is 0 Å². The van der Waals surface area contributed by atoms with Gasteiger partial charge in [0, 0.05) is 44.0 Å². The highest BCUT2D eigenvalue weighted by atomic mass is 32.1. The number of ketones is 1. The molecule has 1 atom stereocenters. The molecule has 2 heterocycles. The molecule has 0 fully saturated rings. The number of rotatable bonds is 6. The minimum atomic E-state index is -0.937. The maximum Gasteiger partial charge on any atom is 0.331 e. The number of allylic oxidation sites excluding steroid dienone is 1. The van der Waals surface area contributed by atoms with Crippen LogP contribution in [0.1, 0.15) is 60.0 Å². The first-order valence-electron chi connectivity index (χ1n) is 10.0. The van der Waals surface area contributed by atoms with E-state index < -0.39 is 5.97 Å². The highest BCUT2D eigenvalue weighted by Gasteiger charge is 2.30. The van der Waals surface area contributed by atoms with Crippen LogP contribution in [0, 0.1) is 12.8 Å². The van der Waals surface area contributed by atoms with Gasteiger partial charge in [0.2, 0.25) is 0 Å². The summed E-state index contributed by atoms with van der Waals surface area (Å²) in [6, 6.07) is 0. The summed E-state index contributed by atoms with van der Waals surface area (Å²) < 4.78 is 0. The van der Waals surface area contributed by atoms with Crippen LogP contribution >= 0.6 is 22.7 Å². The fourth-order valence-electron chi connectivity index (χ4n) is 4.44. The molecule has 2 aromatic heterocycles. The van der Waals surface area contributed by atoms with Crippen LogP contribution in [0.4, 0.5) is 0 Å². The number of aromatic nitrogens is 1. The number of thiophene rings is 1. The number of carbonyl (C=O) groups excluding carboxylic acids is 1. The molecule has 0 saturated heterocycles. The standard InChI is InChI=1S/C22H25NO3S2/c1-3-13-7-8-16-18(9-13)28-19(20(16)21-23-12(2)11-27-21)10-17(24)14-5-4-6-15(14)22(25)26/h11,13H,3-10H2,1-2H3,(H,25,26)/t13-/m1/s1. The number of nitrogens with zero attached hydrogens (tertiary/aromatic N) is 1. The molecule has 2 aliphatic rings. The van der Waals surface area contributed by atoms with Crippen LogP contribution in [0.3, 0.4) is 0 Å². The normalized spacial score (nSPS) is 19.1. The number of carboxylic acids is 1. The molecule has 0 aliphatic heterocycles. The molecule has 4 rings (SSSR count). The van der Waals surface area contributed by atoms with E-state index in [0.29, 0.717) is 30.4 Å². The number of carboxylic acid groups (broad SMARTS) is 1. The number of carbonyl (C=O) groups is 2. The highest BCUT2D eigenvalue weighted by Crippen LogP contribution is 2.44. The summed E-state index contributed by atoms with van der Waals surface area (Å²) >= 11 is 3.40. The summed E-state index contributed by atoms with van der Waals surface area (Å²) in [5.74, 6) is -0.236. The largest absolute Gasteiger partial charge is 0.478 e. The van der Waals surface area contributed by atoms with Gasteiger partial charge in [0.05, 0.1) is 0 Å². The Labute approximate surface area is 173 Å². The third kappa shape index (κ3) is 3.60. The molecule has 0 saturated carbocycles. The zero-order valence-electron chi connectivity index (χ0n) is 16.3. The number of fused-ring (bicyclic) bond motifs is 1. The molecule has 6 heteroatoms. The molecule has 0 bridgehead atoms. The number of aliphatic carboxylic acids is 1. The Hall–Kier alpha value is -1.79. The molecule has 1 N–H and O–H groups in total. The van der Waals surface area contributed by atoms with Crippen LogP contribution in [-0.2, 0) is 28.9 Å². The van der Waals surface area contributed by atoms with Gasteiger partial charge in [-0.25, -0.2) is 9.78 Å². The van der Waals surface area contributed by atoms with Crippen molar-refractivity contribution in [2.24, 2.45) is 5.92 Å². The Morgan fingerprint density at radius 2 is 2.04 bits per heavy atom. The van der Waals surface area contributed by atoms with Crippen molar-refractivity contribution in [1.82, 2.24) is 4.98 Å². The second kappa shape index (κ2) is 7.91. The van der Waals surface area contributed by atoms with Crippen molar-refractivity contribution in [3.8, 4) is 10.6 Å². The van der Waals surface area contributed by atoms with E-state index in [1.807, 2.05) is 6.92 Å². The summed E-state index contributed by atoms with van der Waals surface area (Å²) in [5.41, 5.74) is 4.41. The molecule has 2 aliphatic carbocycles. The first-order chi connectivity index (χ1) is 13.5. The van der Waals surface area contributed by atoms with Gasteiger partial charge in [0.1, 0.15) is 5.01 Å². The van der Waals surface area contributed by atoms with E-state index in [9.17, 15) is 14.7 Å². The second-order valence-electron chi connectivity index (χ2n) is 7.83. The van der Waals surface area contributed by atoms with Gasteiger partial charge in [-0.3, -0.25) is 4.79 Å². The molecule has 148 valence electrons. The summed E-state index contributed by atoms with van der Waals surface area (Å²) in [5, 5.41) is 12.5. The molecule has 2 aromatic rings. The molecule has 28 heavy (non-hydrogen) atoms. The summed E-state index contributed by atoms with van der Waals surface area (Å²) in [7, 11) is 0. The minimum Gasteiger partial charge on any atom is -0.478 e. The van der Waals surface area contributed by atoms with Crippen molar-refractivity contribution in [2.75, 3.05) is 0 Å². The Bertz CT molecular complexity index is 967. The van der Waals surface area contributed by atoms with E-state index in [-0.39, 0.29) is 5.78 Å². The van der Waals surface area contributed by atoms with Crippen molar-refractivity contribution < 1.29 is 14.7 Å². The maximum atomic E-state index is 13.0. The number of Topliss-reactive ketones (excluding diaryl/α,β-unsaturated/α-hetero) is 1. The third-order valence-electron chi connectivity index (χ3n) is 5.98. The lowest BCUT2D eigenvalue weighted by Gasteiger charge is -2.21. The lowest BCUT2D eigenvalue weighted by atomic mass is 9.85. The lowest BCUT2D eigenvalue weighted by Crippen LogP contribution is -2.12. The van der Waals surface area contributed by atoms with E-state index in [0.717, 1.165) is 46.3 Å². The van der Waals surface area contributed by atoms with Crippen LogP contribution in [0.5, 0.6) is 0 Å². The monoisotopic (exact) mass is 415 g/mol. The van der Waals surface area contributed by atoms with Crippen LogP contribution in [0.25, 0.3) is 10.6 Å². The van der Waals surface area contributed by atoms with E-state index in [1.54, 1.807) is 22.7 Å². The van der Waals surface area contributed by atoms with Gasteiger partial charge in [0.15, 0.2) is 5.78 Å². The first kappa shape index (κ1) is 19.5. The summed E-state index contributed by atoms with van der Waals surface area (Å²) in [4.78, 5) is 31.7. The van der Waals surface area contributed by atoms with Gasteiger partial charge in [-0.2, -0.15) is 0 Å². The number of hydrogen-bond donors (Lipinski definition) is 1. The quantitative estimate of drug-likeness (QED) is 0.688. The molecular formula is C22H25NO3S2. The van der Waals surface area contributed by atoms with Gasteiger partial charge in [0.25, 0.3) is 0 Å². The fraction of sp³-hybridized carbons (Fsp3) is 0.500. The van der Waals surface area contributed by atoms with Gasteiger partial charge in [-0.05, 0) is 56.9 Å². The zero-order chi connectivity index (χ0) is 19.8. The average Bonchev–Trinajstić information content (AvgIpc) is 3.38. The van der Waals surface area contributed by atoms with E-state index in [2.05, 4.69) is 12.3 Å². The van der Waals surface area contributed by atoms with E-state index >= 15 is 0 Å². The van der Waals surface area contributed by atoms with E-state index in [1.165, 1.54) is 23.3 Å². The number of thiazole rings is 1. The van der Waals surface area contributed by atoms with Crippen LogP contribution in [0.15, 0.2) is 16.5 Å². The predicted molar refractivity (Wildman–Crippen MR) is 113 cm³/mol. The third-order valence-corrected chi connectivity index (χ3v) is 8.22. The number of hydrogen-bond acceptors (Lipinski definition) is 5. The van der Waals surface area contributed by atoms with Crippen molar-refractivity contribution in [3.63, 3.8) is 0 Å². The lowest BCUT2D eigenvalue weighted by molar-refractivity contribution is -0.133. The van der Waals surface area contributed by atoms with Crippen molar-refractivity contribution in [2.45, 2.75) is 65.2 Å². The molecule has 0 spiro atoms. The molecule has 4 nitrogen and oxygen atoms in total. The topological polar surface area (TPSA) is 67.3 Å². The maximum absolute atomic E-state index is 13.0. The molecular weight excluding hydrogens is 390 g/mol. The Morgan fingerprint density at radius 3 is 2.71 bits per heavy atom. The highest BCUT2D eigenvalue weighted by molar-refractivity contribution is 7.15. The number of aryl methyl sites for hydroxylation is 1. The van der Waals surface area contributed by atoms with E-state index in [4.69, 9.17) is 4.98 Å². The predicted octanol–water partition coefficient (Wildman–Crippen LogP) is 5.37. The van der Waals surface area contributed by atoms with Crippen molar-refractivity contribution >= 4 is 34.4 Å². The average molecular weight is 416 g/mol. The molecule has 0 aromatic carbocycles.